The van der Waals surface area contributed by atoms with Gasteiger partial charge in [0.05, 0.1) is 6.61 Å². The number of nitrogens with one attached hydrogen (secondary N) is 2. The molecule has 1 unspecified atom stereocenters. The van der Waals surface area contributed by atoms with Crippen LogP contribution in [0.1, 0.15) is 50.5 Å². The molecule has 3 heterocycles. The van der Waals surface area contributed by atoms with Gasteiger partial charge in [-0.05, 0) is 88.7 Å². The summed E-state index contributed by atoms with van der Waals surface area (Å²) in [6, 6.07) is 8.48. The van der Waals surface area contributed by atoms with E-state index in [0.717, 1.165) is 45.4 Å². The minimum atomic E-state index is -5.08. The third-order valence-corrected chi connectivity index (χ3v) is 7.09. The van der Waals surface area contributed by atoms with E-state index >= 15 is 0 Å². The molecule has 1 atom stereocenters. The Kier molecular flexibility index (Phi) is 13.1. The summed E-state index contributed by atoms with van der Waals surface area (Å²) in [6.07, 6.45) is -2.50. The smallest absolute Gasteiger partial charge is 0.475 e. The first-order valence-electron chi connectivity index (χ1n) is 13.4. The third kappa shape index (κ3) is 10.8. The van der Waals surface area contributed by atoms with Crippen molar-refractivity contribution in [2.24, 2.45) is 5.92 Å². The van der Waals surface area contributed by atoms with Crippen LogP contribution in [-0.2, 0) is 19.1 Å². The fourth-order valence-electron chi connectivity index (χ4n) is 5.02. The molecule has 0 aliphatic carbocycles. The molecule has 2 fully saturated rings. The lowest BCUT2D eigenvalue weighted by atomic mass is 9.86. The SMILES string of the molecule is CCOC(=O)C(CC1CCNCC1)N1CCC(c2c[nH]c3ccccc23)CC1.O=C(O)C(F)(F)F.O=C(O)C(F)(F)F. The first-order valence-corrected chi connectivity index (χ1v) is 13.4. The topological polar surface area (TPSA) is 132 Å². The molecule has 0 amide bonds. The summed E-state index contributed by atoms with van der Waals surface area (Å²) >= 11 is 0. The number of aromatic nitrogens is 1. The molecule has 0 radical (unpaired) electrons. The normalized spacial score (nSPS) is 17.8. The Bertz CT molecular complexity index is 1130. The van der Waals surface area contributed by atoms with Gasteiger partial charge < -0.3 is 25.3 Å². The van der Waals surface area contributed by atoms with Gasteiger partial charge in [0.25, 0.3) is 0 Å². The van der Waals surface area contributed by atoms with Crippen LogP contribution in [0.2, 0.25) is 0 Å². The molecular formula is C27H35F6N3O6. The van der Waals surface area contributed by atoms with Gasteiger partial charge in [-0.15, -0.1) is 0 Å². The van der Waals surface area contributed by atoms with Crippen molar-refractivity contribution in [1.29, 1.82) is 0 Å². The summed E-state index contributed by atoms with van der Waals surface area (Å²) in [5, 5.41) is 19.0. The van der Waals surface area contributed by atoms with Crippen molar-refractivity contribution in [3.63, 3.8) is 0 Å². The number of para-hydroxylation sites is 1. The minimum Gasteiger partial charge on any atom is -0.475 e. The maximum atomic E-state index is 12.7. The van der Waals surface area contributed by atoms with E-state index in [1.54, 1.807) is 0 Å². The third-order valence-electron chi connectivity index (χ3n) is 7.09. The molecule has 1 aromatic carbocycles. The number of nitrogens with zero attached hydrogens (tertiary/aromatic N) is 1. The predicted molar refractivity (Wildman–Crippen MR) is 140 cm³/mol. The summed E-state index contributed by atoms with van der Waals surface area (Å²) in [5.41, 5.74) is 2.65. The van der Waals surface area contributed by atoms with Gasteiger partial charge in [0, 0.05) is 17.1 Å². The maximum absolute atomic E-state index is 12.7. The second kappa shape index (κ2) is 15.8. The standard InChI is InChI=1S/C23H33N3O2.2C2HF3O2/c1-2-28-23(27)22(15-17-7-11-24-12-8-17)26-13-9-18(10-14-26)20-16-25-21-6-4-3-5-19(20)21;2*3-2(4,5)1(6)7/h3-6,16-18,22,24-25H,2,7-15H2,1H3;2*(H,6,7). The Labute approximate surface area is 238 Å². The number of hydrogen-bond donors (Lipinski definition) is 4. The van der Waals surface area contributed by atoms with E-state index in [1.807, 2.05) is 6.92 Å². The van der Waals surface area contributed by atoms with Gasteiger partial charge >= 0.3 is 30.3 Å². The number of H-pyrrole nitrogens is 1. The highest BCUT2D eigenvalue weighted by Gasteiger charge is 2.39. The molecule has 15 heteroatoms. The van der Waals surface area contributed by atoms with Crippen LogP contribution in [0.3, 0.4) is 0 Å². The van der Waals surface area contributed by atoms with E-state index in [2.05, 4.69) is 45.7 Å². The Hall–Kier alpha value is -3.33. The highest BCUT2D eigenvalue weighted by molar-refractivity contribution is 5.83. The largest absolute Gasteiger partial charge is 0.490 e. The van der Waals surface area contributed by atoms with Crippen LogP contribution in [0.25, 0.3) is 10.9 Å². The fraction of sp³-hybridized carbons (Fsp3) is 0.593. The molecule has 4 N–H and O–H groups in total. The number of hydrogen-bond acceptors (Lipinski definition) is 6. The number of carbonyl (C=O) groups is 3. The number of piperidine rings is 2. The number of carboxylic acids is 2. The quantitative estimate of drug-likeness (QED) is 0.267. The number of likely N-dealkylation sites (tertiary alicyclic amines) is 1. The molecule has 0 saturated carbocycles. The molecule has 2 aliphatic heterocycles. The lowest BCUT2D eigenvalue weighted by molar-refractivity contribution is -0.193. The predicted octanol–water partition coefficient (Wildman–Crippen LogP) is 4.94. The van der Waals surface area contributed by atoms with Crippen LogP contribution >= 0.6 is 0 Å². The van der Waals surface area contributed by atoms with E-state index in [-0.39, 0.29) is 12.0 Å². The highest BCUT2D eigenvalue weighted by atomic mass is 19.4. The molecule has 9 nitrogen and oxygen atoms in total. The second-order valence-electron chi connectivity index (χ2n) is 9.90. The highest BCUT2D eigenvalue weighted by Crippen LogP contribution is 2.34. The van der Waals surface area contributed by atoms with Gasteiger partial charge in [0.2, 0.25) is 0 Å². The van der Waals surface area contributed by atoms with Gasteiger partial charge in [-0.25, -0.2) is 9.59 Å². The van der Waals surface area contributed by atoms with E-state index < -0.39 is 24.3 Å². The second-order valence-corrected chi connectivity index (χ2v) is 9.90. The van der Waals surface area contributed by atoms with Crippen LogP contribution in [-0.4, -0.2) is 89.2 Å². The van der Waals surface area contributed by atoms with Crippen molar-refractivity contribution >= 4 is 28.8 Å². The number of aliphatic carboxylic acids is 2. The number of rotatable bonds is 6. The van der Waals surface area contributed by atoms with Crippen molar-refractivity contribution in [3.05, 3.63) is 36.0 Å². The summed E-state index contributed by atoms with van der Waals surface area (Å²) in [7, 11) is 0. The monoisotopic (exact) mass is 611 g/mol. The first kappa shape index (κ1) is 34.9. The zero-order chi connectivity index (χ0) is 31.5. The summed E-state index contributed by atoms with van der Waals surface area (Å²) < 4.78 is 68.9. The molecular weight excluding hydrogens is 576 g/mol. The van der Waals surface area contributed by atoms with Gasteiger partial charge in [-0.1, -0.05) is 18.2 Å². The van der Waals surface area contributed by atoms with Crippen molar-refractivity contribution < 1.29 is 55.7 Å². The lowest BCUT2D eigenvalue weighted by Gasteiger charge is -2.38. The van der Waals surface area contributed by atoms with Crippen LogP contribution < -0.4 is 5.32 Å². The number of carbonyl (C=O) groups excluding carboxylic acids is 1. The van der Waals surface area contributed by atoms with E-state index in [9.17, 15) is 31.1 Å². The average Bonchev–Trinajstić information content (AvgIpc) is 3.36. The van der Waals surface area contributed by atoms with Gasteiger partial charge in [0.1, 0.15) is 6.04 Å². The van der Waals surface area contributed by atoms with E-state index in [4.69, 9.17) is 24.5 Å². The maximum Gasteiger partial charge on any atom is 0.490 e. The Morgan fingerprint density at radius 1 is 0.952 bits per heavy atom. The number of alkyl halides is 6. The minimum absolute atomic E-state index is 0.0217. The number of aromatic amines is 1. The van der Waals surface area contributed by atoms with E-state index in [1.165, 1.54) is 29.3 Å². The van der Waals surface area contributed by atoms with Crippen LogP contribution in [0.5, 0.6) is 0 Å². The van der Waals surface area contributed by atoms with E-state index in [0.29, 0.717) is 18.4 Å². The zero-order valence-corrected chi connectivity index (χ0v) is 22.9. The van der Waals surface area contributed by atoms with Crippen molar-refractivity contribution in [2.45, 2.75) is 63.3 Å². The molecule has 2 aliphatic rings. The van der Waals surface area contributed by atoms with Gasteiger partial charge in [-0.3, -0.25) is 9.69 Å². The van der Waals surface area contributed by atoms with Crippen LogP contribution in [0, 0.1) is 5.92 Å². The molecule has 1 aromatic heterocycles. The molecule has 42 heavy (non-hydrogen) atoms. The number of fused-ring (bicyclic) bond motifs is 1. The Morgan fingerprint density at radius 3 is 1.98 bits per heavy atom. The van der Waals surface area contributed by atoms with Crippen molar-refractivity contribution in [3.8, 4) is 0 Å². The Morgan fingerprint density at radius 2 is 1.48 bits per heavy atom. The van der Waals surface area contributed by atoms with Crippen LogP contribution in [0.4, 0.5) is 26.3 Å². The Balaban J connectivity index is 0.000000367. The number of ether oxygens (including phenoxy) is 1. The molecule has 0 spiro atoms. The molecule has 0 bridgehead atoms. The zero-order valence-electron chi connectivity index (χ0n) is 22.9. The van der Waals surface area contributed by atoms with Gasteiger partial charge in [0.15, 0.2) is 0 Å². The summed E-state index contributed by atoms with van der Waals surface area (Å²) in [4.78, 5) is 36.3. The number of benzene rings is 1. The summed E-state index contributed by atoms with van der Waals surface area (Å²) in [6.45, 7) is 6.46. The number of carboxylic acid groups (broad SMARTS) is 2. The molecule has 4 rings (SSSR count). The first-order chi connectivity index (χ1) is 19.6. The molecule has 2 saturated heterocycles. The van der Waals surface area contributed by atoms with Crippen LogP contribution in [0.15, 0.2) is 30.5 Å². The van der Waals surface area contributed by atoms with Gasteiger partial charge in [-0.2, -0.15) is 26.3 Å². The number of esters is 1. The fourth-order valence-corrected chi connectivity index (χ4v) is 5.02. The van der Waals surface area contributed by atoms with Crippen molar-refractivity contribution in [1.82, 2.24) is 15.2 Å². The average molecular weight is 612 g/mol. The molecule has 236 valence electrons. The van der Waals surface area contributed by atoms with Crippen molar-refractivity contribution in [2.75, 3.05) is 32.8 Å². The number of halogens is 6. The molecule has 2 aromatic rings. The summed E-state index contributed by atoms with van der Waals surface area (Å²) in [5.74, 6) is -4.34. The lowest BCUT2D eigenvalue weighted by Crippen LogP contribution is -2.47.